The predicted molar refractivity (Wildman–Crippen MR) is 68.6 cm³/mol. The van der Waals surface area contributed by atoms with Crippen LogP contribution in [-0.2, 0) is 7.05 Å². The normalized spacial score (nSPS) is 14.2. The molecule has 100 valence electrons. The lowest BCUT2D eigenvalue weighted by Gasteiger charge is -2.11. The summed E-state index contributed by atoms with van der Waals surface area (Å²) in [7, 11) is 1.75. The zero-order valence-electron chi connectivity index (χ0n) is 10.5. The molecule has 2 heterocycles. The van der Waals surface area contributed by atoms with E-state index in [0.29, 0.717) is 36.0 Å². The van der Waals surface area contributed by atoms with Crippen molar-refractivity contribution in [2.75, 3.05) is 18.9 Å². The third-order valence-electron chi connectivity index (χ3n) is 3.04. The minimum absolute atomic E-state index is 0.152. The van der Waals surface area contributed by atoms with Gasteiger partial charge in [0.15, 0.2) is 17.3 Å². The number of hydrogen-bond acceptors (Lipinski definition) is 4. The molecule has 2 aromatic rings. The first-order chi connectivity index (χ1) is 9.16. The monoisotopic (exact) mass is 263 g/mol. The van der Waals surface area contributed by atoms with Crippen LogP contribution < -0.4 is 15.2 Å². The number of benzene rings is 1. The van der Waals surface area contributed by atoms with Gasteiger partial charge in [-0.1, -0.05) is 0 Å². The van der Waals surface area contributed by atoms with Crippen molar-refractivity contribution >= 4 is 5.82 Å². The summed E-state index contributed by atoms with van der Waals surface area (Å²) in [5.74, 6) is 0.655. The average molecular weight is 263 g/mol. The molecule has 1 aromatic heterocycles. The zero-order chi connectivity index (χ0) is 13.4. The van der Waals surface area contributed by atoms with Crippen LogP contribution in [0.15, 0.2) is 18.2 Å². The van der Waals surface area contributed by atoms with Crippen molar-refractivity contribution in [3.05, 3.63) is 24.0 Å². The quantitative estimate of drug-likeness (QED) is 0.854. The highest BCUT2D eigenvalue weighted by Gasteiger charge is 2.21. The lowest BCUT2D eigenvalue weighted by atomic mass is 10.1. The van der Waals surface area contributed by atoms with Crippen molar-refractivity contribution in [2.24, 2.45) is 7.05 Å². The molecule has 5 nitrogen and oxygen atoms in total. The standard InChI is InChI=1S/C13H14FN3O2/c1-17-11(15)7-10(16-17)8-3-4-9(14)13-12(8)18-5-2-6-19-13/h3-4,7H,2,5-6,15H2,1H3. The van der Waals surface area contributed by atoms with Crippen molar-refractivity contribution in [2.45, 2.75) is 6.42 Å². The molecule has 6 heteroatoms. The van der Waals surface area contributed by atoms with Crippen LogP contribution in [0, 0.1) is 5.82 Å². The Labute approximate surface area is 109 Å². The third kappa shape index (κ3) is 1.99. The van der Waals surface area contributed by atoms with E-state index in [1.807, 2.05) is 0 Å². The van der Waals surface area contributed by atoms with Crippen molar-refractivity contribution in [3.8, 4) is 22.8 Å². The van der Waals surface area contributed by atoms with E-state index in [0.717, 1.165) is 6.42 Å². The predicted octanol–water partition coefficient (Wildman–Crippen LogP) is 1.97. The minimum atomic E-state index is -0.426. The van der Waals surface area contributed by atoms with Gasteiger partial charge in [-0.25, -0.2) is 4.39 Å². The number of ether oxygens (including phenoxy) is 2. The second kappa shape index (κ2) is 4.46. The third-order valence-corrected chi connectivity index (χ3v) is 3.04. The first-order valence-electron chi connectivity index (χ1n) is 6.05. The zero-order valence-corrected chi connectivity index (χ0v) is 10.5. The van der Waals surface area contributed by atoms with Crippen LogP contribution in [0.3, 0.4) is 0 Å². The maximum atomic E-state index is 13.8. The Kier molecular flexibility index (Phi) is 2.77. The number of aromatic nitrogens is 2. The second-order valence-electron chi connectivity index (χ2n) is 4.38. The number of fused-ring (bicyclic) bond motifs is 1. The van der Waals surface area contributed by atoms with Gasteiger partial charge >= 0.3 is 0 Å². The summed E-state index contributed by atoms with van der Waals surface area (Å²) in [6.07, 6.45) is 0.720. The highest BCUT2D eigenvalue weighted by molar-refractivity contribution is 5.73. The lowest BCUT2D eigenvalue weighted by molar-refractivity contribution is 0.292. The molecular weight excluding hydrogens is 249 g/mol. The molecule has 1 aromatic carbocycles. The SMILES string of the molecule is Cn1nc(-c2ccc(F)c3c2OCCCO3)cc1N. The van der Waals surface area contributed by atoms with Crippen LogP contribution >= 0.6 is 0 Å². The summed E-state index contributed by atoms with van der Waals surface area (Å²) < 4.78 is 26.4. The van der Waals surface area contributed by atoms with Gasteiger partial charge in [-0.2, -0.15) is 5.10 Å². The van der Waals surface area contributed by atoms with Crippen LogP contribution in [-0.4, -0.2) is 23.0 Å². The summed E-state index contributed by atoms with van der Waals surface area (Å²) in [5.41, 5.74) is 7.10. The smallest absolute Gasteiger partial charge is 0.197 e. The summed E-state index contributed by atoms with van der Waals surface area (Å²) in [6.45, 7) is 0.934. The first kappa shape index (κ1) is 11.8. The fourth-order valence-electron chi connectivity index (χ4n) is 2.04. The first-order valence-corrected chi connectivity index (χ1v) is 6.05. The summed E-state index contributed by atoms with van der Waals surface area (Å²) >= 11 is 0. The molecule has 0 radical (unpaired) electrons. The molecule has 0 unspecified atom stereocenters. The fraction of sp³-hybridized carbons (Fsp3) is 0.308. The summed E-state index contributed by atoms with van der Waals surface area (Å²) in [5, 5.41) is 4.28. The maximum absolute atomic E-state index is 13.8. The number of nitrogens with zero attached hydrogens (tertiary/aromatic N) is 2. The Balaban J connectivity index is 2.16. The molecule has 2 N–H and O–H groups in total. The molecule has 3 rings (SSSR count). The molecule has 0 bridgehead atoms. The van der Waals surface area contributed by atoms with Crippen molar-refractivity contribution in [3.63, 3.8) is 0 Å². The molecule has 0 atom stereocenters. The van der Waals surface area contributed by atoms with Gasteiger partial charge in [0.2, 0.25) is 0 Å². The van der Waals surface area contributed by atoms with E-state index in [1.165, 1.54) is 6.07 Å². The molecule has 0 aliphatic carbocycles. The van der Waals surface area contributed by atoms with Gasteiger partial charge in [-0.05, 0) is 12.1 Å². The summed E-state index contributed by atoms with van der Waals surface area (Å²) in [4.78, 5) is 0. The number of anilines is 1. The number of halogens is 1. The van der Waals surface area contributed by atoms with Gasteiger partial charge in [0.1, 0.15) is 5.82 Å². The van der Waals surface area contributed by atoms with E-state index in [-0.39, 0.29) is 5.75 Å². The Bertz CT molecular complexity index is 605. The highest BCUT2D eigenvalue weighted by atomic mass is 19.1. The number of nitrogens with two attached hydrogens (primary N) is 1. The van der Waals surface area contributed by atoms with E-state index in [2.05, 4.69) is 5.10 Å². The van der Waals surface area contributed by atoms with Crippen molar-refractivity contribution in [1.82, 2.24) is 9.78 Å². The van der Waals surface area contributed by atoms with Gasteiger partial charge in [-0.3, -0.25) is 4.68 Å². The van der Waals surface area contributed by atoms with Crippen LogP contribution in [0.1, 0.15) is 6.42 Å². The minimum Gasteiger partial charge on any atom is -0.489 e. The Morgan fingerprint density at radius 2 is 2.00 bits per heavy atom. The van der Waals surface area contributed by atoms with Gasteiger partial charge < -0.3 is 15.2 Å². The molecule has 19 heavy (non-hydrogen) atoms. The molecule has 0 saturated heterocycles. The van der Waals surface area contributed by atoms with Gasteiger partial charge in [0.05, 0.1) is 18.9 Å². The maximum Gasteiger partial charge on any atom is 0.197 e. The Morgan fingerprint density at radius 3 is 2.68 bits per heavy atom. The molecule has 1 aliphatic rings. The molecule has 0 amide bonds. The second-order valence-corrected chi connectivity index (χ2v) is 4.38. The van der Waals surface area contributed by atoms with Crippen molar-refractivity contribution < 1.29 is 13.9 Å². The van der Waals surface area contributed by atoms with E-state index >= 15 is 0 Å². The number of aryl methyl sites for hydroxylation is 1. The largest absolute Gasteiger partial charge is 0.489 e. The topological polar surface area (TPSA) is 62.3 Å². The van der Waals surface area contributed by atoms with Gasteiger partial charge in [-0.15, -0.1) is 0 Å². The number of rotatable bonds is 1. The molecule has 0 fully saturated rings. The number of hydrogen-bond donors (Lipinski definition) is 1. The van der Waals surface area contributed by atoms with Gasteiger partial charge in [0, 0.05) is 25.1 Å². The molecule has 1 aliphatic heterocycles. The van der Waals surface area contributed by atoms with Crippen molar-refractivity contribution in [1.29, 1.82) is 0 Å². The lowest BCUT2D eigenvalue weighted by Crippen LogP contribution is -1.98. The Morgan fingerprint density at radius 1 is 1.26 bits per heavy atom. The van der Waals surface area contributed by atoms with E-state index < -0.39 is 5.82 Å². The molecule has 0 saturated carbocycles. The van der Waals surface area contributed by atoms with E-state index in [1.54, 1.807) is 23.9 Å². The fourth-order valence-corrected chi connectivity index (χ4v) is 2.04. The van der Waals surface area contributed by atoms with E-state index in [4.69, 9.17) is 15.2 Å². The average Bonchev–Trinajstić information content (AvgIpc) is 2.62. The Hall–Kier alpha value is -2.24. The van der Waals surface area contributed by atoms with Crippen LogP contribution in [0.4, 0.5) is 10.2 Å². The van der Waals surface area contributed by atoms with Crippen LogP contribution in [0.2, 0.25) is 0 Å². The van der Waals surface area contributed by atoms with Gasteiger partial charge in [0.25, 0.3) is 0 Å². The highest BCUT2D eigenvalue weighted by Crippen LogP contribution is 2.41. The molecule has 0 spiro atoms. The van der Waals surface area contributed by atoms with Crippen LogP contribution in [0.25, 0.3) is 11.3 Å². The summed E-state index contributed by atoms with van der Waals surface area (Å²) in [6, 6.07) is 4.71. The molecular formula is C13H14FN3O2. The van der Waals surface area contributed by atoms with Crippen LogP contribution in [0.5, 0.6) is 11.5 Å². The number of nitrogen functional groups attached to an aromatic ring is 1. The van der Waals surface area contributed by atoms with E-state index in [9.17, 15) is 4.39 Å².